The number of hydrogen-bond acceptors (Lipinski definition) is 12. The number of amides is 12. The van der Waals surface area contributed by atoms with E-state index in [-0.39, 0.29) is 101 Å². The van der Waals surface area contributed by atoms with Crippen LogP contribution in [0.4, 0.5) is 13.2 Å². The molecule has 24 nitrogen and oxygen atoms in total. The molecule has 0 aromatic carbocycles. The Morgan fingerprint density at radius 3 is 1.78 bits per heavy atom. The second kappa shape index (κ2) is 33.7. The molecule has 0 radical (unpaired) electrons. The molecule has 4 aliphatic carbocycles. The predicted octanol–water partition coefficient (Wildman–Crippen LogP) is 5.46. The highest BCUT2D eigenvalue weighted by molar-refractivity contribution is 6.21. The molecule has 8 fully saturated rings. The normalized spacial score (nSPS) is 31.9. The van der Waals surface area contributed by atoms with Crippen LogP contribution in [0.3, 0.4) is 0 Å². The molecule has 4 saturated heterocycles. The van der Waals surface area contributed by atoms with Crippen LogP contribution >= 0.6 is 11.6 Å². The van der Waals surface area contributed by atoms with Crippen molar-refractivity contribution >= 4 is 82.5 Å². The third kappa shape index (κ3) is 17.8. The van der Waals surface area contributed by atoms with Gasteiger partial charge in [0, 0.05) is 73.8 Å². The Bertz CT molecular complexity index is 2960. The van der Waals surface area contributed by atoms with Crippen LogP contribution in [0, 0.1) is 35.5 Å². The van der Waals surface area contributed by atoms with Crippen LogP contribution in [0.1, 0.15) is 195 Å². The van der Waals surface area contributed by atoms with Crippen molar-refractivity contribution in [1.82, 2.24) is 60.0 Å². The zero-order valence-electron chi connectivity index (χ0n) is 60.4. The number of carbonyl (C=O) groups is 12. The maximum atomic E-state index is 15.7. The molecule has 3 unspecified atom stereocenters. The number of likely N-dealkylation sites (tertiary alicyclic amines) is 1. The molecule has 1 spiro atoms. The lowest BCUT2D eigenvalue weighted by Crippen LogP contribution is -2.65. The summed E-state index contributed by atoms with van der Waals surface area (Å²) in [6.07, 6.45) is 4.68. The molecular formula is C71H112ClF3N12O12. The smallest absolute Gasteiger partial charge is 0.343 e. The molecular weight excluding hydrogens is 1310 g/mol. The van der Waals surface area contributed by atoms with Crippen LogP contribution in [0.5, 0.6) is 0 Å². The predicted molar refractivity (Wildman–Crippen MR) is 363 cm³/mol. The maximum absolute atomic E-state index is 15.7. The molecule has 28 heteroatoms. The first-order valence-corrected chi connectivity index (χ1v) is 37.3. The molecule has 4 aliphatic heterocycles. The van der Waals surface area contributed by atoms with E-state index in [0.717, 1.165) is 25.7 Å². The number of carbonyl (C=O) groups excluding carboxylic acids is 12. The van der Waals surface area contributed by atoms with Crippen molar-refractivity contribution < 1.29 is 70.7 Å². The fraction of sp³-hybridized carbons (Fsp3) is 0.831. The van der Waals surface area contributed by atoms with Crippen molar-refractivity contribution in [2.24, 2.45) is 35.5 Å². The Hall–Kier alpha value is -6.28. The highest BCUT2D eigenvalue weighted by Crippen LogP contribution is 2.44. The highest BCUT2D eigenvalue weighted by Gasteiger charge is 2.53. The summed E-state index contributed by atoms with van der Waals surface area (Å²) < 4.78 is 42.0. The van der Waals surface area contributed by atoms with Gasteiger partial charge in [-0.05, 0) is 152 Å². The number of alkyl halides is 4. The average molecular weight is 1420 g/mol. The minimum Gasteiger partial charge on any atom is -0.343 e. The van der Waals surface area contributed by atoms with Crippen molar-refractivity contribution in [2.75, 3.05) is 75.0 Å². The second-order valence-electron chi connectivity index (χ2n) is 30.7. The van der Waals surface area contributed by atoms with Gasteiger partial charge in [0.05, 0.1) is 18.9 Å². The summed E-state index contributed by atoms with van der Waals surface area (Å²) in [6, 6.07) is -10.6. The van der Waals surface area contributed by atoms with E-state index < -0.39 is 167 Å². The fourth-order valence-corrected chi connectivity index (χ4v) is 17.3. The first-order chi connectivity index (χ1) is 46.7. The topological polar surface area (TPSA) is 270 Å². The summed E-state index contributed by atoms with van der Waals surface area (Å²) >= 11 is 6.40. The van der Waals surface area contributed by atoms with Crippen LogP contribution in [0.25, 0.3) is 0 Å². The van der Waals surface area contributed by atoms with Gasteiger partial charge in [-0.2, -0.15) is 13.2 Å². The van der Waals surface area contributed by atoms with Gasteiger partial charge in [-0.25, -0.2) is 0 Å². The summed E-state index contributed by atoms with van der Waals surface area (Å²) in [5, 5.41) is 7.66. The third-order valence-electron chi connectivity index (χ3n) is 23.7. The SMILES string of the molecule is CC[C@H](C)[C@@H]1NC(=O)[C@H](CC(C)C)N(C)C(=O)C[C@@H](C(=O)N2CCCCC2)N(C)C(=O)[C@H](C2CCCC2)N(C)C(=O)C2(CCCC2)NC(=O)[C@@H]2CCCN2C(=O)[C@H](CCC2CCC(C(F)(F)F)C(Cl)C2)NC(=O)CN(C)C(=O)[C@H](C2CCC2)N(C)C(=O)[C@@H]2CCN2C(=O)[C@H](C)N(C)C1=O. The fourth-order valence-electron chi connectivity index (χ4n) is 16.8. The minimum absolute atomic E-state index is 0.00512. The number of halogens is 4. The van der Waals surface area contributed by atoms with Crippen molar-refractivity contribution in [1.29, 1.82) is 0 Å². The minimum atomic E-state index is -4.50. The van der Waals surface area contributed by atoms with Crippen LogP contribution in [0.2, 0.25) is 0 Å². The molecule has 3 N–H and O–H groups in total. The van der Waals surface area contributed by atoms with Gasteiger partial charge in [0.2, 0.25) is 70.9 Å². The van der Waals surface area contributed by atoms with Gasteiger partial charge in [0.15, 0.2) is 0 Å². The molecule has 0 aromatic rings. The Balaban J connectivity index is 1.16. The van der Waals surface area contributed by atoms with Gasteiger partial charge < -0.3 is 60.0 Å². The van der Waals surface area contributed by atoms with E-state index in [9.17, 15) is 41.9 Å². The van der Waals surface area contributed by atoms with Gasteiger partial charge in [-0.15, -0.1) is 11.6 Å². The monoisotopic (exact) mass is 1420 g/mol. The molecule has 13 atom stereocenters. The van der Waals surface area contributed by atoms with Gasteiger partial charge in [0.25, 0.3) is 0 Å². The van der Waals surface area contributed by atoms with E-state index in [1.807, 2.05) is 20.8 Å². The molecule has 4 saturated carbocycles. The summed E-state index contributed by atoms with van der Waals surface area (Å²) in [5.74, 6) is -10.6. The van der Waals surface area contributed by atoms with E-state index in [2.05, 4.69) is 16.0 Å². The zero-order chi connectivity index (χ0) is 72.7. The van der Waals surface area contributed by atoms with Crippen LogP contribution < -0.4 is 16.0 Å². The molecule has 4 heterocycles. The number of nitrogens with zero attached hydrogens (tertiary/aromatic N) is 9. The maximum Gasteiger partial charge on any atom is 0.393 e. The Morgan fingerprint density at radius 2 is 1.21 bits per heavy atom. The van der Waals surface area contributed by atoms with E-state index >= 15 is 28.8 Å². The van der Waals surface area contributed by atoms with E-state index in [1.165, 1.54) is 88.4 Å². The van der Waals surface area contributed by atoms with Crippen molar-refractivity contribution in [3.05, 3.63) is 0 Å². The van der Waals surface area contributed by atoms with Crippen molar-refractivity contribution in [3.8, 4) is 0 Å². The molecule has 556 valence electrons. The van der Waals surface area contributed by atoms with E-state index in [0.29, 0.717) is 77.3 Å². The quantitative estimate of drug-likeness (QED) is 0.230. The lowest BCUT2D eigenvalue weighted by molar-refractivity contribution is -0.182. The van der Waals surface area contributed by atoms with Gasteiger partial charge in [-0.1, -0.05) is 66.2 Å². The lowest BCUT2D eigenvalue weighted by Gasteiger charge is -2.46. The molecule has 0 aromatic heterocycles. The average Bonchev–Trinajstić information content (AvgIpc) is 1.76. The number of fused-ring (bicyclic) bond motifs is 2. The first-order valence-electron chi connectivity index (χ1n) is 36.8. The number of piperidine rings is 1. The standard InChI is InChI=1S/C71H112ClF3N12O12/c1-12-43(4)57-66(96)80(7)44(5)62(92)87-37-31-52(87)64(94)83(10)58(47-24-20-25-47)67(97)79(6)41-55(88)76-50(30-28-45-27-29-48(49(72)39-45)71(73,74)75)63(93)86-36-21-26-51(86)61(91)78-70(32-16-17-33-70)69(99)84(11)59(46-22-14-15-23-46)68(98)82(9)54(65(95)85-34-18-13-19-35-85)40-56(89)81(8)53(38-42(2)3)60(90)77-57/h42-54,57-59H,12-41H2,1-11H3,(H,76,88)(H,77,90)(H,78,91)/t43-,44-,45?,48?,49?,50-,51-,52-,53-,54-,57-,58-,59-/m0/s1. The van der Waals surface area contributed by atoms with Crippen LogP contribution in [-0.2, 0) is 57.5 Å². The number of nitrogens with one attached hydrogen (secondary N) is 3. The summed E-state index contributed by atoms with van der Waals surface area (Å²) in [6.45, 7) is 9.35. The highest BCUT2D eigenvalue weighted by atomic mass is 35.5. The van der Waals surface area contributed by atoms with Gasteiger partial charge in [-0.3, -0.25) is 57.5 Å². The van der Waals surface area contributed by atoms with Crippen LogP contribution in [0.15, 0.2) is 0 Å². The van der Waals surface area contributed by atoms with E-state index in [1.54, 1.807) is 11.8 Å². The molecule has 0 bridgehead atoms. The third-order valence-corrected chi connectivity index (χ3v) is 24.2. The molecule has 99 heavy (non-hydrogen) atoms. The second-order valence-corrected chi connectivity index (χ2v) is 31.3. The molecule has 8 aliphatic rings. The largest absolute Gasteiger partial charge is 0.393 e. The van der Waals surface area contributed by atoms with Gasteiger partial charge in [0.1, 0.15) is 59.9 Å². The molecule has 12 amide bonds. The Labute approximate surface area is 587 Å². The van der Waals surface area contributed by atoms with Crippen LogP contribution in [-0.4, -0.2) is 261 Å². The number of rotatable bonds is 10. The van der Waals surface area contributed by atoms with Gasteiger partial charge >= 0.3 is 6.18 Å². The van der Waals surface area contributed by atoms with Crippen molar-refractivity contribution in [2.45, 2.75) is 267 Å². The Kier molecular flexibility index (Phi) is 26.7. The number of likely N-dealkylation sites (N-methyl/N-ethyl adjacent to an activating group) is 6. The first kappa shape index (κ1) is 78.4. The zero-order valence-corrected chi connectivity index (χ0v) is 61.1. The Morgan fingerprint density at radius 1 is 0.596 bits per heavy atom. The summed E-state index contributed by atoms with van der Waals surface area (Å²) in [7, 11) is 8.78. The van der Waals surface area contributed by atoms with E-state index in [4.69, 9.17) is 11.6 Å². The lowest BCUT2D eigenvalue weighted by atomic mass is 9.78. The van der Waals surface area contributed by atoms with Crippen molar-refractivity contribution in [3.63, 3.8) is 0 Å². The molecule has 8 rings (SSSR count). The summed E-state index contributed by atoms with van der Waals surface area (Å²) in [4.78, 5) is 192. The number of hydrogen-bond donors (Lipinski definition) is 3. The summed E-state index contributed by atoms with van der Waals surface area (Å²) in [5.41, 5.74) is -1.54.